The van der Waals surface area contributed by atoms with Gasteiger partial charge in [-0.25, -0.2) is 4.98 Å². The lowest BCUT2D eigenvalue weighted by Crippen LogP contribution is -2.18. The Labute approximate surface area is 135 Å². The lowest BCUT2D eigenvalue weighted by Gasteiger charge is -2.19. The maximum Gasteiger partial charge on any atom is 0.148 e. The molecule has 0 atom stereocenters. The topological polar surface area (TPSA) is 53.8 Å². The zero-order valence-corrected chi connectivity index (χ0v) is 13.4. The van der Waals surface area contributed by atoms with Crippen molar-refractivity contribution < 1.29 is 4.57 Å². The van der Waals surface area contributed by atoms with Gasteiger partial charge >= 0.3 is 0 Å². The smallest absolute Gasteiger partial charge is 0.148 e. The third-order valence-corrected chi connectivity index (χ3v) is 6.69. The van der Waals surface area contributed by atoms with E-state index in [-0.39, 0.29) is 0 Å². The highest BCUT2D eigenvalue weighted by molar-refractivity contribution is 7.78. The molecule has 112 valence electrons. The molecule has 0 N–H and O–H groups in total. The van der Waals surface area contributed by atoms with Crippen LogP contribution in [-0.4, -0.2) is 4.98 Å². The molecule has 0 saturated carbocycles. The molecule has 0 fully saturated rings. The molecule has 0 bridgehead atoms. The SMILES string of the molecule is N#Cc1cccc(CP(=O)(c2ccccc2)c2ccccc2)n1. The largest absolute Gasteiger partial charge is 0.313 e. The predicted molar refractivity (Wildman–Crippen MR) is 92.4 cm³/mol. The standard InChI is InChI=1S/C19H15N2OP/c20-14-16-8-7-9-17(21-16)15-23(22,18-10-3-1-4-11-18)19-12-5-2-6-13-19/h1-13H,15H2. The van der Waals surface area contributed by atoms with E-state index in [2.05, 4.69) is 4.98 Å². The Morgan fingerprint density at radius 1 is 0.826 bits per heavy atom. The highest BCUT2D eigenvalue weighted by Gasteiger charge is 2.28. The van der Waals surface area contributed by atoms with Crippen LogP contribution in [0.25, 0.3) is 0 Å². The second kappa shape index (κ2) is 6.60. The molecule has 3 aromatic rings. The van der Waals surface area contributed by atoms with E-state index in [4.69, 9.17) is 5.26 Å². The van der Waals surface area contributed by atoms with Gasteiger partial charge in [-0.3, -0.25) is 0 Å². The van der Waals surface area contributed by atoms with Crippen molar-refractivity contribution in [1.82, 2.24) is 4.98 Å². The number of rotatable bonds is 4. The molecule has 4 heteroatoms. The van der Waals surface area contributed by atoms with Crippen molar-refractivity contribution in [3.8, 4) is 6.07 Å². The quantitative estimate of drug-likeness (QED) is 0.692. The number of benzene rings is 2. The fourth-order valence-corrected chi connectivity index (χ4v) is 5.13. The molecule has 0 aliphatic heterocycles. The van der Waals surface area contributed by atoms with Gasteiger partial charge in [-0.2, -0.15) is 5.26 Å². The molecule has 23 heavy (non-hydrogen) atoms. The van der Waals surface area contributed by atoms with Gasteiger partial charge in [0.2, 0.25) is 0 Å². The maximum atomic E-state index is 13.9. The molecule has 0 spiro atoms. The maximum absolute atomic E-state index is 13.9. The van der Waals surface area contributed by atoms with Crippen molar-refractivity contribution in [1.29, 1.82) is 5.26 Å². The average Bonchev–Trinajstić information content (AvgIpc) is 2.63. The third-order valence-electron chi connectivity index (χ3n) is 3.65. The first kappa shape index (κ1) is 15.2. The summed E-state index contributed by atoms with van der Waals surface area (Å²) < 4.78 is 13.9. The molecule has 1 aromatic heterocycles. The van der Waals surface area contributed by atoms with E-state index in [0.717, 1.165) is 10.6 Å². The highest BCUT2D eigenvalue weighted by Crippen LogP contribution is 2.46. The summed E-state index contributed by atoms with van der Waals surface area (Å²) in [5.41, 5.74) is 1.01. The van der Waals surface area contributed by atoms with Crippen molar-refractivity contribution in [2.24, 2.45) is 0 Å². The Balaban J connectivity index is 2.10. The Hall–Kier alpha value is -2.69. The van der Waals surface area contributed by atoms with E-state index in [1.807, 2.05) is 72.8 Å². The van der Waals surface area contributed by atoms with E-state index < -0.39 is 7.14 Å². The normalized spacial score (nSPS) is 10.9. The predicted octanol–water partition coefficient (Wildman–Crippen LogP) is 3.47. The van der Waals surface area contributed by atoms with Crippen LogP contribution in [0, 0.1) is 11.3 Å². The first-order valence-corrected chi connectivity index (χ1v) is 9.18. The average molecular weight is 318 g/mol. The molecule has 0 radical (unpaired) electrons. The van der Waals surface area contributed by atoms with E-state index in [9.17, 15) is 4.57 Å². The van der Waals surface area contributed by atoms with Gasteiger partial charge in [0, 0.05) is 16.3 Å². The molecule has 3 rings (SSSR count). The van der Waals surface area contributed by atoms with Crippen molar-refractivity contribution in [3.63, 3.8) is 0 Å². The lowest BCUT2D eigenvalue weighted by molar-refractivity contribution is 0.586. The van der Waals surface area contributed by atoms with Crippen LogP contribution in [0.3, 0.4) is 0 Å². The number of nitrogens with zero attached hydrogens (tertiary/aromatic N) is 2. The fraction of sp³-hybridized carbons (Fsp3) is 0.0526. The summed E-state index contributed by atoms with van der Waals surface area (Å²) in [6.45, 7) is 0. The Kier molecular flexibility index (Phi) is 4.37. The summed E-state index contributed by atoms with van der Waals surface area (Å²) in [5.74, 6) is 0. The highest BCUT2D eigenvalue weighted by atomic mass is 31.2. The van der Waals surface area contributed by atoms with Gasteiger partial charge < -0.3 is 4.57 Å². The first-order valence-electron chi connectivity index (χ1n) is 7.29. The number of hydrogen-bond donors (Lipinski definition) is 0. The van der Waals surface area contributed by atoms with Crippen molar-refractivity contribution in [2.75, 3.05) is 0 Å². The number of pyridine rings is 1. The summed E-state index contributed by atoms with van der Waals surface area (Å²) in [6.07, 6.45) is 0.302. The van der Waals surface area contributed by atoms with Crippen LogP contribution >= 0.6 is 7.14 Å². The Bertz CT molecular complexity index is 843. The van der Waals surface area contributed by atoms with E-state index in [1.54, 1.807) is 12.1 Å². The summed E-state index contributed by atoms with van der Waals surface area (Å²) in [7, 11) is -2.85. The summed E-state index contributed by atoms with van der Waals surface area (Å²) in [4.78, 5) is 4.29. The van der Waals surface area contributed by atoms with Gasteiger partial charge in [0.25, 0.3) is 0 Å². The minimum Gasteiger partial charge on any atom is -0.313 e. The zero-order valence-electron chi connectivity index (χ0n) is 12.5. The Morgan fingerprint density at radius 3 is 1.91 bits per heavy atom. The second-order valence-electron chi connectivity index (χ2n) is 5.19. The molecule has 2 aromatic carbocycles. The molecule has 3 nitrogen and oxygen atoms in total. The van der Waals surface area contributed by atoms with Crippen LogP contribution in [0.2, 0.25) is 0 Å². The monoisotopic (exact) mass is 318 g/mol. The number of hydrogen-bond acceptors (Lipinski definition) is 3. The van der Waals surface area contributed by atoms with Crippen LogP contribution in [-0.2, 0) is 10.7 Å². The van der Waals surface area contributed by atoms with E-state index >= 15 is 0 Å². The van der Waals surface area contributed by atoms with Gasteiger partial charge in [0.05, 0.1) is 6.16 Å². The minimum absolute atomic E-state index is 0.302. The van der Waals surface area contributed by atoms with Crippen LogP contribution in [0.5, 0.6) is 0 Å². The van der Waals surface area contributed by atoms with Gasteiger partial charge in [-0.15, -0.1) is 0 Å². The number of aromatic nitrogens is 1. The first-order chi connectivity index (χ1) is 11.2. The van der Waals surface area contributed by atoms with Crippen molar-refractivity contribution in [2.45, 2.75) is 6.16 Å². The summed E-state index contributed by atoms with van der Waals surface area (Å²) in [6, 6.07) is 26.2. The van der Waals surface area contributed by atoms with E-state index in [0.29, 0.717) is 17.5 Å². The third kappa shape index (κ3) is 3.23. The molecule has 1 heterocycles. The minimum atomic E-state index is -2.85. The van der Waals surface area contributed by atoms with Gasteiger partial charge in [0.15, 0.2) is 0 Å². The molecular weight excluding hydrogens is 303 g/mol. The fourth-order valence-electron chi connectivity index (χ4n) is 2.53. The summed E-state index contributed by atoms with van der Waals surface area (Å²) >= 11 is 0. The molecular formula is C19H15N2OP. The van der Waals surface area contributed by atoms with Crippen LogP contribution in [0.1, 0.15) is 11.4 Å². The molecule has 0 aliphatic carbocycles. The molecule has 0 aliphatic rings. The second-order valence-corrected chi connectivity index (χ2v) is 8.02. The van der Waals surface area contributed by atoms with E-state index in [1.165, 1.54) is 0 Å². The van der Waals surface area contributed by atoms with Crippen LogP contribution < -0.4 is 10.6 Å². The Morgan fingerprint density at radius 2 is 1.39 bits per heavy atom. The summed E-state index contributed by atoms with van der Waals surface area (Å²) in [5, 5.41) is 10.6. The number of nitriles is 1. The molecule has 0 amide bonds. The van der Waals surface area contributed by atoms with Crippen molar-refractivity contribution >= 4 is 17.8 Å². The van der Waals surface area contributed by atoms with Gasteiger partial charge in [-0.05, 0) is 12.1 Å². The molecule has 0 unspecified atom stereocenters. The zero-order chi connectivity index (χ0) is 16.1. The molecule has 0 saturated heterocycles. The van der Waals surface area contributed by atoms with Gasteiger partial charge in [-0.1, -0.05) is 66.7 Å². The van der Waals surface area contributed by atoms with Gasteiger partial charge in [0.1, 0.15) is 18.9 Å². The van der Waals surface area contributed by atoms with Crippen LogP contribution in [0.4, 0.5) is 0 Å². The van der Waals surface area contributed by atoms with Crippen molar-refractivity contribution in [3.05, 3.63) is 90.3 Å². The lowest BCUT2D eigenvalue weighted by atomic mass is 10.3. The van der Waals surface area contributed by atoms with Crippen LogP contribution in [0.15, 0.2) is 78.9 Å².